The van der Waals surface area contributed by atoms with Gasteiger partial charge in [-0.1, -0.05) is 54.6 Å². The van der Waals surface area contributed by atoms with Gasteiger partial charge in [0.2, 0.25) is 0 Å². The normalized spacial score (nSPS) is 8.00. The first kappa shape index (κ1) is 24.5. The van der Waals surface area contributed by atoms with E-state index in [0.29, 0.717) is 0 Å². The average Bonchev–Trinajstić information content (AvgIpc) is 2.58. The van der Waals surface area contributed by atoms with Gasteiger partial charge in [0.05, 0.1) is 4.92 Å². The molecule has 25 heavy (non-hydrogen) atoms. The fourth-order valence-corrected chi connectivity index (χ4v) is 1.46. The lowest BCUT2D eigenvalue weighted by atomic mass is 10.3. The molecule has 134 valence electrons. The SMILES string of the molecule is Cl.Cl.Nc1ccccc1.Nc1ccccc1.O=[N+]([O-])c1ccccc1. The molecule has 4 N–H and O–H groups in total. The molecule has 0 aliphatic rings. The quantitative estimate of drug-likeness (QED) is 0.353. The summed E-state index contributed by atoms with van der Waals surface area (Å²) in [7, 11) is 0. The van der Waals surface area contributed by atoms with E-state index in [9.17, 15) is 10.1 Å². The van der Waals surface area contributed by atoms with Gasteiger partial charge in [0, 0.05) is 23.5 Å². The topological polar surface area (TPSA) is 95.2 Å². The molecule has 0 heterocycles. The predicted molar refractivity (Wildman–Crippen MR) is 109 cm³/mol. The average molecular weight is 382 g/mol. The number of anilines is 2. The summed E-state index contributed by atoms with van der Waals surface area (Å²) >= 11 is 0. The van der Waals surface area contributed by atoms with Crippen molar-refractivity contribution in [3.05, 3.63) is 101 Å². The van der Waals surface area contributed by atoms with Crippen LogP contribution in [0.3, 0.4) is 0 Å². The molecule has 0 spiro atoms. The Morgan fingerprint density at radius 2 is 0.880 bits per heavy atom. The van der Waals surface area contributed by atoms with Crippen LogP contribution in [0, 0.1) is 10.1 Å². The molecule has 3 aromatic carbocycles. The van der Waals surface area contributed by atoms with Crippen molar-refractivity contribution in [3.63, 3.8) is 0 Å². The molecule has 0 saturated carbocycles. The molecule has 0 aromatic heterocycles. The number of non-ortho nitro benzene ring substituents is 1. The summed E-state index contributed by atoms with van der Waals surface area (Å²) in [6.45, 7) is 0. The zero-order valence-electron chi connectivity index (χ0n) is 13.4. The molecule has 0 amide bonds. The number of nitrogen functional groups attached to an aromatic ring is 2. The second kappa shape index (κ2) is 14.8. The van der Waals surface area contributed by atoms with Crippen LogP contribution in [0.25, 0.3) is 0 Å². The number of halogens is 2. The largest absolute Gasteiger partial charge is 0.399 e. The molecule has 7 heteroatoms. The first-order valence-corrected chi connectivity index (χ1v) is 6.90. The maximum Gasteiger partial charge on any atom is 0.269 e. The Balaban J connectivity index is 0. The van der Waals surface area contributed by atoms with Crippen LogP contribution in [-0.2, 0) is 0 Å². The van der Waals surface area contributed by atoms with Gasteiger partial charge in [-0.3, -0.25) is 10.1 Å². The van der Waals surface area contributed by atoms with Gasteiger partial charge in [0.15, 0.2) is 0 Å². The summed E-state index contributed by atoms with van der Waals surface area (Å²) in [6, 6.07) is 26.9. The van der Waals surface area contributed by atoms with Crippen LogP contribution in [0.4, 0.5) is 17.1 Å². The smallest absolute Gasteiger partial charge is 0.269 e. The molecule has 0 saturated heterocycles. The number of nitro benzene ring substituents is 1. The maximum atomic E-state index is 10.0. The highest BCUT2D eigenvalue weighted by Gasteiger charge is 1.98. The van der Waals surface area contributed by atoms with Gasteiger partial charge in [0.1, 0.15) is 0 Å². The second-order valence-corrected chi connectivity index (χ2v) is 4.41. The number of rotatable bonds is 1. The molecular weight excluding hydrogens is 361 g/mol. The Morgan fingerprint density at radius 1 is 0.600 bits per heavy atom. The molecule has 0 radical (unpaired) electrons. The monoisotopic (exact) mass is 381 g/mol. The second-order valence-electron chi connectivity index (χ2n) is 4.41. The Bertz CT molecular complexity index is 647. The van der Waals surface area contributed by atoms with Gasteiger partial charge in [-0.2, -0.15) is 0 Å². The zero-order valence-corrected chi connectivity index (χ0v) is 15.0. The molecule has 0 fully saturated rings. The zero-order chi connectivity index (χ0) is 16.9. The van der Waals surface area contributed by atoms with Crippen molar-refractivity contribution in [1.29, 1.82) is 0 Å². The van der Waals surface area contributed by atoms with E-state index in [1.807, 2.05) is 60.7 Å². The Hall–Kier alpha value is -2.76. The maximum absolute atomic E-state index is 10.0. The summed E-state index contributed by atoms with van der Waals surface area (Å²) in [5.74, 6) is 0. The minimum absolute atomic E-state index is 0. The van der Waals surface area contributed by atoms with Crippen molar-refractivity contribution in [1.82, 2.24) is 0 Å². The van der Waals surface area contributed by atoms with Crippen LogP contribution in [0.1, 0.15) is 0 Å². The highest BCUT2D eigenvalue weighted by molar-refractivity contribution is 5.85. The van der Waals surface area contributed by atoms with E-state index in [0.717, 1.165) is 11.4 Å². The highest BCUT2D eigenvalue weighted by Crippen LogP contribution is 2.06. The number of para-hydroxylation sites is 3. The summed E-state index contributed by atoms with van der Waals surface area (Å²) in [5.41, 5.74) is 12.5. The van der Waals surface area contributed by atoms with Gasteiger partial charge in [-0.25, -0.2) is 0 Å². The van der Waals surface area contributed by atoms with Crippen LogP contribution >= 0.6 is 24.8 Å². The predicted octanol–water partition coefficient (Wildman–Crippen LogP) is 4.98. The fourth-order valence-electron chi connectivity index (χ4n) is 1.46. The first-order valence-electron chi connectivity index (χ1n) is 6.90. The van der Waals surface area contributed by atoms with Crippen molar-refractivity contribution < 1.29 is 4.92 Å². The number of nitro groups is 1. The van der Waals surface area contributed by atoms with Crippen molar-refractivity contribution >= 4 is 41.9 Å². The number of nitrogens with zero attached hydrogens (tertiary/aromatic N) is 1. The first-order chi connectivity index (χ1) is 11.1. The minimum atomic E-state index is -0.417. The fraction of sp³-hybridized carbons (Fsp3) is 0. The molecule has 0 bridgehead atoms. The molecule has 0 atom stereocenters. The lowest BCUT2D eigenvalue weighted by Crippen LogP contribution is -1.84. The molecule has 0 unspecified atom stereocenters. The summed E-state index contributed by atoms with van der Waals surface area (Å²) in [4.78, 5) is 9.59. The number of hydrogen-bond acceptors (Lipinski definition) is 4. The van der Waals surface area contributed by atoms with Crippen LogP contribution in [0.5, 0.6) is 0 Å². The Labute approximate surface area is 159 Å². The van der Waals surface area contributed by atoms with E-state index in [1.165, 1.54) is 12.1 Å². The third-order valence-electron chi connectivity index (χ3n) is 2.57. The molecule has 5 nitrogen and oxygen atoms in total. The standard InChI is InChI=1S/C6H5NO2.2C6H7N.2ClH/c8-7(9)6-4-2-1-3-5-6;2*7-6-4-2-1-3-5-6;;/h1-5H;2*1-5H,7H2;2*1H. The van der Waals surface area contributed by atoms with Gasteiger partial charge in [-0.15, -0.1) is 24.8 Å². The highest BCUT2D eigenvalue weighted by atomic mass is 35.5. The summed E-state index contributed by atoms with van der Waals surface area (Å²) in [6.07, 6.45) is 0. The van der Waals surface area contributed by atoms with Crippen molar-refractivity contribution in [3.8, 4) is 0 Å². The van der Waals surface area contributed by atoms with Gasteiger partial charge >= 0.3 is 0 Å². The molecule has 3 aromatic rings. The van der Waals surface area contributed by atoms with Gasteiger partial charge < -0.3 is 11.5 Å². The molecular formula is C18H21Cl2N3O2. The Kier molecular flexibility index (Phi) is 14.5. The molecule has 3 rings (SSSR count). The minimum Gasteiger partial charge on any atom is -0.399 e. The van der Waals surface area contributed by atoms with Crippen molar-refractivity contribution in [2.75, 3.05) is 11.5 Å². The Morgan fingerprint density at radius 3 is 1.04 bits per heavy atom. The van der Waals surface area contributed by atoms with E-state index in [2.05, 4.69) is 0 Å². The van der Waals surface area contributed by atoms with E-state index in [4.69, 9.17) is 11.5 Å². The van der Waals surface area contributed by atoms with Gasteiger partial charge in [-0.05, 0) is 24.3 Å². The van der Waals surface area contributed by atoms with Crippen LogP contribution in [-0.4, -0.2) is 4.92 Å². The number of benzene rings is 3. The number of hydrogen-bond donors (Lipinski definition) is 2. The third kappa shape index (κ3) is 12.3. The van der Waals surface area contributed by atoms with E-state index in [1.54, 1.807) is 18.2 Å². The molecule has 0 aliphatic heterocycles. The van der Waals surface area contributed by atoms with Gasteiger partial charge in [0.25, 0.3) is 5.69 Å². The third-order valence-corrected chi connectivity index (χ3v) is 2.57. The van der Waals surface area contributed by atoms with E-state index in [-0.39, 0.29) is 30.5 Å². The van der Waals surface area contributed by atoms with Crippen molar-refractivity contribution in [2.45, 2.75) is 0 Å². The summed E-state index contributed by atoms with van der Waals surface area (Å²) < 4.78 is 0. The van der Waals surface area contributed by atoms with Crippen LogP contribution < -0.4 is 11.5 Å². The number of nitrogens with two attached hydrogens (primary N) is 2. The molecule has 0 aliphatic carbocycles. The van der Waals surface area contributed by atoms with Crippen LogP contribution in [0.2, 0.25) is 0 Å². The van der Waals surface area contributed by atoms with Crippen LogP contribution in [0.15, 0.2) is 91.0 Å². The summed E-state index contributed by atoms with van der Waals surface area (Å²) in [5, 5.41) is 10.0. The lowest BCUT2D eigenvalue weighted by molar-refractivity contribution is -0.384. The van der Waals surface area contributed by atoms with Crippen molar-refractivity contribution in [2.24, 2.45) is 0 Å². The lowest BCUT2D eigenvalue weighted by Gasteiger charge is -1.85. The van der Waals surface area contributed by atoms with E-state index >= 15 is 0 Å². The van der Waals surface area contributed by atoms with E-state index < -0.39 is 4.92 Å².